The molecule has 1 aromatic carbocycles. The van der Waals surface area contributed by atoms with Gasteiger partial charge in [-0.15, -0.1) is 27.2 Å². The normalized spacial score (nSPS) is 18.9. The van der Waals surface area contributed by atoms with E-state index in [1.54, 1.807) is 41.8 Å². The van der Waals surface area contributed by atoms with Crippen molar-refractivity contribution in [1.29, 1.82) is 0 Å². The largest absolute Gasteiger partial charge is 0.487 e. The number of thiophene rings is 1. The number of fused-ring (bicyclic) bond motifs is 2. The number of nitrogens with zero attached hydrogens (tertiary/aromatic N) is 5. The van der Waals surface area contributed by atoms with Crippen LogP contribution < -0.4 is 4.74 Å². The second kappa shape index (κ2) is 11.0. The summed E-state index contributed by atoms with van der Waals surface area (Å²) in [6.45, 7) is 12.8. The highest BCUT2D eigenvalue weighted by Crippen LogP contribution is 2.57. The second-order valence-corrected chi connectivity index (χ2v) is 14.3. The van der Waals surface area contributed by atoms with Gasteiger partial charge in [0.05, 0.1) is 23.7 Å². The molecule has 0 bridgehead atoms. The summed E-state index contributed by atoms with van der Waals surface area (Å²) in [6, 6.07) is 7.65. The highest BCUT2D eigenvalue weighted by molar-refractivity contribution is 8.22. The molecule has 0 saturated carbocycles. The lowest BCUT2D eigenvalue weighted by Gasteiger charge is -2.41. The number of pyridine rings is 1. The van der Waals surface area contributed by atoms with Crippen LogP contribution in [0.15, 0.2) is 41.6 Å². The van der Waals surface area contributed by atoms with E-state index >= 15 is 0 Å². The average Bonchev–Trinajstić information content (AvgIpc) is 3.49. The molecule has 12 heteroatoms. The fourth-order valence-electron chi connectivity index (χ4n) is 5.51. The molecule has 0 fully saturated rings. The summed E-state index contributed by atoms with van der Waals surface area (Å²) in [5, 5.41) is 19.0. The highest BCUT2D eigenvalue weighted by atomic mass is 32.3. The van der Waals surface area contributed by atoms with Gasteiger partial charge in [0.2, 0.25) is 0 Å². The van der Waals surface area contributed by atoms with Crippen LogP contribution in [0.1, 0.15) is 66.5 Å². The number of carbonyl (C=O) groups is 1. The Kier molecular flexibility index (Phi) is 7.90. The number of aryl methyl sites for hydroxylation is 3. The Labute approximate surface area is 245 Å². The van der Waals surface area contributed by atoms with Crippen LogP contribution in [0.25, 0.3) is 11.0 Å². The number of aliphatic carboxylic acids is 1. The zero-order valence-corrected chi connectivity index (χ0v) is 25.8. The minimum absolute atomic E-state index is 0.229. The van der Waals surface area contributed by atoms with Gasteiger partial charge in [0.1, 0.15) is 22.3 Å². The minimum Gasteiger partial charge on any atom is -0.487 e. The molecule has 0 aliphatic carbocycles. The molecule has 220 valence electrons. The monoisotopic (exact) mass is 599 g/mol. The molecule has 3 N–H and O–H groups in total. The molecule has 0 radical (unpaired) electrons. The van der Waals surface area contributed by atoms with Crippen molar-refractivity contribution in [3.8, 4) is 5.75 Å². The third kappa shape index (κ3) is 5.12. The molecule has 0 saturated heterocycles. The third-order valence-corrected chi connectivity index (χ3v) is 11.1. The Morgan fingerprint density at radius 1 is 1.24 bits per heavy atom. The lowest BCUT2D eigenvalue weighted by Crippen LogP contribution is -2.34. The maximum atomic E-state index is 12.6. The number of rotatable bonds is 8. The molecular formula is C29H37N5O5S2. The van der Waals surface area contributed by atoms with E-state index in [4.69, 9.17) is 4.74 Å². The first-order valence-corrected chi connectivity index (χ1v) is 16.0. The van der Waals surface area contributed by atoms with Gasteiger partial charge in [0.25, 0.3) is 0 Å². The fourth-order valence-corrected chi connectivity index (χ4v) is 8.42. The maximum absolute atomic E-state index is 12.6. The predicted octanol–water partition coefficient (Wildman–Crippen LogP) is 6.46. The zero-order chi connectivity index (χ0) is 29.7. The average molecular weight is 600 g/mol. The van der Waals surface area contributed by atoms with E-state index in [-0.39, 0.29) is 17.5 Å². The highest BCUT2D eigenvalue weighted by Gasteiger charge is 2.42. The van der Waals surface area contributed by atoms with Crippen molar-refractivity contribution >= 4 is 39.1 Å². The van der Waals surface area contributed by atoms with Gasteiger partial charge in [0.15, 0.2) is 0 Å². The maximum Gasteiger partial charge on any atom is 0.310 e. The third-order valence-electron chi connectivity index (χ3n) is 8.09. The summed E-state index contributed by atoms with van der Waals surface area (Å²) in [4.78, 5) is 18.9. The SMILES string of the molecule is CC[C@@H]1CN(Cc2cc([C@@H](c3ccc4c(nnn4CC)c3C)C(C)(C)C(=O)O)sc2C)S(O)(O)c2cnccc2O1. The van der Waals surface area contributed by atoms with Crippen LogP contribution >= 0.6 is 22.1 Å². The zero-order valence-electron chi connectivity index (χ0n) is 24.2. The molecule has 4 heterocycles. The first kappa shape index (κ1) is 29.5. The molecule has 1 aliphatic heterocycles. The number of benzene rings is 1. The van der Waals surface area contributed by atoms with Crippen molar-refractivity contribution in [3.05, 3.63) is 63.1 Å². The molecule has 3 aromatic heterocycles. The predicted molar refractivity (Wildman–Crippen MR) is 161 cm³/mol. The minimum atomic E-state index is -3.37. The number of carboxylic acid groups (broad SMARTS) is 1. The Balaban J connectivity index is 1.58. The van der Waals surface area contributed by atoms with Crippen LogP contribution in [0, 0.1) is 19.3 Å². The van der Waals surface area contributed by atoms with Crippen LogP contribution in [0.5, 0.6) is 5.75 Å². The van der Waals surface area contributed by atoms with E-state index in [1.165, 1.54) is 6.20 Å². The Morgan fingerprint density at radius 3 is 2.68 bits per heavy atom. The number of ether oxygens (including phenoxy) is 1. The molecule has 4 aromatic rings. The fraction of sp³-hybridized carbons (Fsp3) is 0.448. The van der Waals surface area contributed by atoms with E-state index in [1.807, 2.05) is 50.6 Å². The summed E-state index contributed by atoms with van der Waals surface area (Å²) in [7, 11) is -3.37. The first-order chi connectivity index (χ1) is 19.4. The molecular weight excluding hydrogens is 562 g/mol. The van der Waals surface area contributed by atoms with Gasteiger partial charge in [-0.1, -0.05) is 18.2 Å². The van der Waals surface area contributed by atoms with E-state index in [0.717, 1.165) is 37.5 Å². The number of hydrogen-bond donors (Lipinski definition) is 3. The number of carboxylic acids is 1. The van der Waals surface area contributed by atoms with Crippen molar-refractivity contribution in [2.75, 3.05) is 6.54 Å². The van der Waals surface area contributed by atoms with Crippen LogP contribution in [-0.2, 0) is 17.9 Å². The van der Waals surface area contributed by atoms with Gasteiger partial charge in [-0.2, -0.15) is 4.31 Å². The standard InChI is InChI=1S/C29H37N5O5S2/c1-7-20-16-33(41(37,38)25-14-30-12-11-23(25)39-20)15-19-13-24(40-18(19)4)26(29(5,6)28(35)36)21-9-10-22-27(17(21)3)31-32-34(22)8-2/h9-14,20,26,37-38H,7-8,15-16H2,1-6H3,(H,35,36)/t20-,26-/m1/s1. The van der Waals surface area contributed by atoms with Crippen LogP contribution in [0.3, 0.4) is 0 Å². The lowest BCUT2D eigenvalue weighted by atomic mass is 9.72. The topological polar surface area (TPSA) is 134 Å². The van der Waals surface area contributed by atoms with E-state index in [9.17, 15) is 19.0 Å². The summed E-state index contributed by atoms with van der Waals surface area (Å²) >= 11 is 1.54. The van der Waals surface area contributed by atoms with Crippen molar-refractivity contribution < 1.29 is 23.7 Å². The summed E-state index contributed by atoms with van der Waals surface area (Å²) in [6.07, 6.45) is 3.51. The summed E-state index contributed by atoms with van der Waals surface area (Å²) in [5.41, 5.74) is 3.25. The lowest BCUT2D eigenvalue weighted by molar-refractivity contribution is -0.147. The molecule has 0 amide bonds. The van der Waals surface area contributed by atoms with E-state index < -0.39 is 28.1 Å². The molecule has 10 nitrogen and oxygen atoms in total. The molecule has 41 heavy (non-hydrogen) atoms. The summed E-state index contributed by atoms with van der Waals surface area (Å²) < 4.78 is 32.5. The Bertz CT molecular complexity index is 1600. The molecule has 0 spiro atoms. The number of hydrogen-bond acceptors (Lipinski definition) is 9. The van der Waals surface area contributed by atoms with Crippen LogP contribution in [-0.4, -0.2) is 57.1 Å². The van der Waals surface area contributed by atoms with Crippen molar-refractivity contribution in [3.63, 3.8) is 0 Å². The van der Waals surface area contributed by atoms with Crippen LogP contribution in [0.4, 0.5) is 0 Å². The van der Waals surface area contributed by atoms with Gasteiger partial charge in [-0.25, -0.2) is 4.68 Å². The quantitative estimate of drug-likeness (QED) is 0.208. The first-order valence-electron chi connectivity index (χ1n) is 13.7. The molecule has 2 atom stereocenters. The Hall–Kier alpha value is -3.03. The van der Waals surface area contributed by atoms with E-state index in [2.05, 4.69) is 15.3 Å². The van der Waals surface area contributed by atoms with E-state index in [0.29, 0.717) is 25.3 Å². The molecule has 0 unspecified atom stereocenters. The summed E-state index contributed by atoms with van der Waals surface area (Å²) in [5.74, 6) is -0.929. The second-order valence-electron chi connectivity index (χ2n) is 11.1. The molecule has 5 rings (SSSR count). The van der Waals surface area contributed by atoms with Gasteiger partial charge in [0, 0.05) is 41.0 Å². The van der Waals surface area contributed by atoms with Crippen molar-refractivity contribution in [2.45, 2.75) is 78.0 Å². The van der Waals surface area contributed by atoms with Crippen molar-refractivity contribution in [2.24, 2.45) is 5.41 Å². The number of aromatic nitrogens is 4. The van der Waals surface area contributed by atoms with Gasteiger partial charge in [-0.3, -0.25) is 18.9 Å². The van der Waals surface area contributed by atoms with Gasteiger partial charge < -0.3 is 9.84 Å². The smallest absolute Gasteiger partial charge is 0.310 e. The Morgan fingerprint density at radius 2 is 2.00 bits per heavy atom. The van der Waals surface area contributed by atoms with Gasteiger partial charge >= 0.3 is 5.97 Å². The van der Waals surface area contributed by atoms with Gasteiger partial charge in [-0.05, 0) is 69.9 Å². The van der Waals surface area contributed by atoms with Crippen molar-refractivity contribution in [1.82, 2.24) is 24.3 Å². The van der Waals surface area contributed by atoms with Crippen LogP contribution in [0.2, 0.25) is 0 Å². The molecule has 1 aliphatic rings.